The summed E-state index contributed by atoms with van der Waals surface area (Å²) < 4.78 is 13.7. The lowest BCUT2D eigenvalue weighted by atomic mass is 9.88. The minimum Gasteiger partial charge on any atom is -0.409 e. The van der Waals surface area contributed by atoms with Crippen molar-refractivity contribution in [2.45, 2.75) is 20.3 Å². The number of hydrogen-bond donors (Lipinski definition) is 3. The second kappa shape index (κ2) is 6.04. The molecule has 0 unspecified atom stereocenters. The molecule has 4 N–H and O–H groups in total. The van der Waals surface area contributed by atoms with E-state index in [1.165, 1.54) is 6.07 Å². The van der Waals surface area contributed by atoms with Crippen LogP contribution in [-0.4, -0.2) is 17.6 Å². The van der Waals surface area contributed by atoms with E-state index in [4.69, 9.17) is 10.9 Å². The summed E-state index contributed by atoms with van der Waals surface area (Å²) in [5, 5.41) is 14.7. The van der Waals surface area contributed by atoms with Crippen molar-refractivity contribution >= 4 is 27.5 Å². The maximum atomic E-state index is 13.3. The van der Waals surface area contributed by atoms with Crippen molar-refractivity contribution in [1.82, 2.24) is 0 Å². The number of nitrogens with zero attached hydrogens (tertiary/aromatic N) is 1. The molecule has 0 fully saturated rings. The van der Waals surface area contributed by atoms with Gasteiger partial charge in [-0.2, -0.15) is 0 Å². The molecule has 100 valence electrons. The Balaban J connectivity index is 2.54. The van der Waals surface area contributed by atoms with Gasteiger partial charge in [0.1, 0.15) is 11.7 Å². The van der Waals surface area contributed by atoms with Crippen LogP contribution >= 0.6 is 15.9 Å². The van der Waals surface area contributed by atoms with E-state index in [1.807, 2.05) is 13.8 Å². The van der Waals surface area contributed by atoms with Gasteiger partial charge in [0.25, 0.3) is 0 Å². The largest absolute Gasteiger partial charge is 0.409 e. The van der Waals surface area contributed by atoms with Crippen molar-refractivity contribution in [3.8, 4) is 0 Å². The second-order valence-electron chi connectivity index (χ2n) is 4.67. The standard InChI is InChI=1S/C12H17BrFN3O/c1-12(2,11(15)17-18)5-6-16-8-3-4-9(13)10(14)7-8/h3-4,7,16,18H,5-6H2,1-2H3,(H2,15,17). The predicted octanol–water partition coefficient (Wildman–Crippen LogP) is 3.16. The first kappa shape index (κ1) is 14.8. The molecular formula is C12H17BrFN3O. The number of amidine groups is 1. The van der Waals surface area contributed by atoms with Gasteiger partial charge in [-0.25, -0.2) is 4.39 Å². The average Bonchev–Trinajstić information content (AvgIpc) is 2.32. The first-order chi connectivity index (χ1) is 8.36. The fourth-order valence-corrected chi connectivity index (χ4v) is 1.64. The molecule has 0 bridgehead atoms. The van der Waals surface area contributed by atoms with Crippen LogP contribution in [0.15, 0.2) is 27.8 Å². The fourth-order valence-electron chi connectivity index (χ4n) is 1.39. The third-order valence-corrected chi connectivity index (χ3v) is 3.44. The van der Waals surface area contributed by atoms with Gasteiger partial charge >= 0.3 is 0 Å². The van der Waals surface area contributed by atoms with Crippen LogP contribution in [0.3, 0.4) is 0 Å². The molecule has 1 aromatic carbocycles. The summed E-state index contributed by atoms with van der Waals surface area (Å²) in [4.78, 5) is 0. The van der Waals surface area contributed by atoms with Gasteiger partial charge in [0.2, 0.25) is 0 Å². The summed E-state index contributed by atoms with van der Waals surface area (Å²) in [7, 11) is 0. The highest BCUT2D eigenvalue weighted by molar-refractivity contribution is 9.10. The number of anilines is 1. The molecular weight excluding hydrogens is 301 g/mol. The molecule has 1 aromatic rings. The number of oxime groups is 1. The molecule has 0 saturated carbocycles. The second-order valence-corrected chi connectivity index (χ2v) is 5.53. The molecule has 0 amide bonds. The van der Waals surface area contributed by atoms with Gasteiger partial charge in [-0.1, -0.05) is 19.0 Å². The number of nitrogens with one attached hydrogen (secondary N) is 1. The first-order valence-electron chi connectivity index (χ1n) is 5.54. The Labute approximate surface area is 114 Å². The van der Waals surface area contributed by atoms with E-state index in [0.29, 0.717) is 23.1 Å². The summed E-state index contributed by atoms with van der Waals surface area (Å²) in [6.45, 7) is 4.36. The zero-order valence-corrected chi connectivity index (χ0v) is 12.0. The van der Waals surface area contributed by atoms with Gasteiger partial charge in [-0.3, -0.25) is 0 Å². The van der Waals surface area contributed by atoms with E-state index in [0.717, 1.165) is 0 Å². The van der Waals surface area contributed by atoms with Crippen LogP contribution in [0.25, 0.3) is 0 Å². The Morgan fingerprint density at radius 1 is 1.56 bits per heavy atom. The summed E-state index contributed by atoms with van der Waals surface area (Å²) in [5.41, 5.74) is 5.87. The van der Waals surface area contributed by atoms with Crippen molar-refractivity contribution in [3.05, 3.63) is 28.5 Å². The number of rotatable bonds is 5. The molecule has 0 spiro atoms. The summed E-state index contributed by atoms with van der Waals surface area (Å²) in [6, 6.07) is 4.84. The Kier molecular flexibility index (Phi) is 4.95. The quantitative estimate of drug-likeness (QED) is 0.338. The topological polar surface area (TPSA) is 70.6 Å². The Morgan fingerprint density at radius 3 is 2.78 bits per heavy atom. The van der Waals surface area contributed by atoms with Crippen LogP contribution in [0.4, 0.5) is 10.1 Å². The molecule has 4 nitrogen and oxygen atoms in total. The van der Waals surface area contributed by atoms with E-state index in [2.05, 4.69) is 26.4 Å². The maximum Gasteiger partial charge on any atom is 0.144 e. The molecule has 0 aliphatic heterocycles. The van der Waals surface area contributed by atoms with Crippen LogP contribution in [0, 0.1) is 11.2 Å². The van der Waals surface area contributed by atoms with Crippen LogP contribution < -0.4 is 11.1 Å². The lowest BCUT2D eigenvalue weighted by Crippen LogP contribution is -2.33. The van der Waals surface area contributed by atoms with E-state index >= 15 is 0 Å². The van der Waals surface area contributed by atoms with E-state index in [1.54, 1.807) is 12.1 Å². The van der Waals surface area contributed by atoms with Gasteiger partial charge < -0.3 is 16.3 Å². The number of nitrogens with two attached hydrogens (primary N) is 1. The van der Waals surface area contributed by atoms with Crippen molar-refractivity contribution in [1.29, 1.82) is 0 Å². The molecule has 0 radical (unpaired) electrons. The zero-order chi connectivity index (χ0) is 13.8. The number of hydrogen-bond acceptors (Lipinski definition) is 3. The molecule has 18 heavy (non-hydrogen) atoms. The maximum absolute atomic E-state index is 13.3. The van der Waals surface area contributed by atoms with Gasteiger partial charge in [-0.15, -0.1) is 0 Å². The summed E-state index contributed by atoms with van der Waals surface area (Å²) in [5.74, 6) is -0.123. The van der Waals surface area contributed by atoms with Gasteiger partial charge in [0.15, 0.2) is 0 Å². The number of halogens is 2. The Morgan fingerprint density at radius 2 is 2.22 bits per heavy atom. The molecule has 0 atom stereocenters. The Hall–Kier alpha value is -1.30. The van der Waals surface area contributed by atoms with Gasteiger partial charge in [0, 0.05) is 17.6 Å². The fraction of sp³-hybridized carbons (Fsp3) is 0.417. The van der Waals surface area contributed by atoms with Gasteiger partial charge in [-0.05, 0) is 40.5 Å². The smallest absolute Gasteiger partial charge is 0.144 e. The van der Waals surface area contributed by atoms with Crippen LogP contribution in [0.2, 0.25) is 0 Å². The highest BCUT2D eigenvalue weighted by atomic mass is 79.9. The van der Waals surface area contributed by atoms with Crippen LogP contribution in [0.5, 0.6) is 0 Å². The van der Waals surface area contributed by atoms with Crippen LogP contribution in [0.1, 0.15) is 20.3 Å². The van der Waals surface area contributed by atoms with E-state index in [9.17, 15) is 4.39 Å². The molecule has 0 aliphatic carbocycles. The average molecular weight is 318 g/mol. The van der Waals surface area contributed by atoms with Gasteiger partial charge in [0.05, 0.1) is 4.47 Å². The normalized spacial score (nSPS) is 12.6. The lowest BCUT2D eigenvalue weighted by Gasteiger charge is -2.23. The monoisotopic (exact) mass is 317 g/mol. The predicted molar refractivity (Wildman–Crippen MR) is 74.4 cm³/mol. The molecule has 1 rings (SSSR count). The van der Waals surface area contributed by atoms with Crippen molar-refractivity contribution in [3.63, 3.8) is 0 Å². The first-order valence-corrected chi connectivity index (χ1v) is 6.33. The molecule has 0 aliphatic rings. The van der Waals surface area contributed by atoms with Crippen molar-refractivity contribution in [2.75, 3.05) is 11.9 Å². The molecule has 0 heterocycles. The third-order valence-electron chi connectivity index (χ3n) is 2.80. The molecule has 6 heteroatoms. The third kappa shape index (κ3) is 3.87. The summed E-state index contributed by atoms with van der Waals surface area (Å²) >= 11 is 3.09. The molecule has 0 aromatic heterocycles. The highest BCUT2D eigenvalue weighted by Gasteiger charge is 2.22. The van der Waals surface area contributed by atoms with E-state index < -0.39 is 5.41 Å². The van der Waals surface area contributed by atoms with Crippen molar-refractivity contribution < 1.29 is 9.60 Å². The van der Waals surface area contributed by atoms with Crippen LogP contribution in [-0.2, 0) is 0 Å². The SMILES string of the molecule is CC(C)(CCNc1ccc(Br)c(F)c1)C(N)=NO. The molecule has 0 saturated heterocycles. The number of benzene rings is 1. The highest BCUT2D eigenvalue weighted by Crippen LogP contribution is 2.22. The van der Waals surface area contributed by atoms with E-state index in [-0.39, 0.29) is 11.7 Å². The zero-order valence-electron chi connectivity index (χ0n) is 10.4. The lowest BCUT2D eigenvalue weighted by molar-refractivity contribution is 0.306. The minimum atomic E-state index is -0.407. The summed E-state index contributed by atoms with van der Waals surface area (Å²) in [6.07, 6.45) is 0.667. The minimum absolute atomic E-state index is 0.186. The Bertz CT molecular complexity index is 449. The van der Waals surface area contributed by atoms with Crippen molar-refractivity contribution in [2.24, 2.45) is 16.3 Å².